The van der Waals surface area contributed by atoms with E-state index in [2.05, 4.69) is 15.9 Å². The Balaban J connectivity index is 2.88. The number of halogens is 2. The minimum absolute atomic E-state index is 0.314. The van der Waals surface area contributed by atoms with Crippen LogP contribution in [0.15, 0.2) is 22.7 Å². The van der Waals surface area contributed by atoms with E-state index in [9.17, 15) is 4.39 Å². The standard InChI is InChI=1S/C11H12BrFN2S/c1-11(15,7-16-5-4-14)9-6-8(12)2-3-10(9)13/h2-3,6H,5,7,15H2,1H3. The van der Waals surface area contributed by atoms with Gasteiger partial charge in [-0.25, -0.2) is 4.39 Å². The van der Waals surface area contributed by atoms with E-state index >= 15 is 0 Å². The summed E-state index contributed by atoms with van der Waals surface area (Å²) in [6.45, 7) is 1.77. The number of nitrogens with zero attached hydrogens (tertiary/aromatic N) is 1. The van der Waals surface area contributed by atoms with E-state index in [0.717, 1.165) is 4.47 Å². The Morgan fingerprint density at radius 2 is 2.31 bits per heavy atom. The van der Waals surface area contributed by atoms with E-state index in [1.54, 1.807) is 19.1 Å². The molecular formula is C11H12BrFN2S. The molecular weight excluding hydrogens is 291 g/mol. The normalized spacial score (nSPS) is 14.2. The van der Waals surface area contributed by atoms with Crippen molar-refractivity contribution in [3.63, 3.8) is 0 Å². The zero-order valence-electron chi connectivity index (χ0n) is 8.84. The summed E-state index contributed by atoms with van der Waals surface area (Å²) in [6, 6.07) is 6.73. The van der Waals surface area contributed by atoms with Crippen LogP contribution in [0.4, 0.5) is 4.39 Å². The lowest BCUT2D eigenvalue weighted by molar-refractivity contribution is 0.508. The third kappa shape index (κ3) is 3.48. The molecule has 1 atom stereocenters. The van der Waals surface area contributed by atoms with Crippen LogP contribution >= 0.6 is 27.7 Å². The summed E-state index contributed by atoms with van der Waals surface area (Å²) in [7, 11) is 0. The molecule has 2 N–H and O–H groups in total. The topological polar surface area (TPSA) is 49.8 Å². The highest BCUT2D eigenvalue weighted by molar-refractivity contribution is 9.10. The second-order valence-corrected chi connectivity index (χ2v) is 5.59. The Morgan fingerprint density at radius 3 is 2.94 bits per heavy atom. The maximum absolute atomic E-state index is 13.6. The molecule has 1 aromatic rings. The lowest BCUT2D eigenvalue weighted by Gasteiger charge is -2.25. The van der Waals surface area contributed by atoms with E-state index < -0.39 is 5.54 Å². The van der Waals surface area contributed by atoms with Crippen molar-refractivity contribution in [1.82, 2.24) is 0 Å². The molecule has 0 aliphatic carbocycles. The van der Waals surface area contributed by atoms with Gasteiger partial charge in [-0.3, -0.25) is 0 Å². The maximum Gasteiger partial charge on any atom is 0.128 e. The summed E-state index contributed by atoms with van der Waals surface area (Å²) in [5.41, 5.74) is 5.75. The number of rotatable bonds is 4. The highest BCUT2D eigenvalue weighted by Gasteiger charge is 2.24. The number of nitrogens with two attached hydrogens (primary N) is 1. The summed E-state index contributed by atoms with van der Waals surface area (Å²) in [6.07, 6.45) is 0. The van der Waals surface area contributed by atoms with Gasteiger partial charge in [-0.15, -0.1) is 11.8 Å². The highest BCUT2D eigenvalue weighted by atomic mass is 79.9. The molecule has 0 spiro atoms. The molecule has 2 nitrogen and oxygen atoms in total. The van der Waals surface area contributed by atoms with Gasteiger partial charge in [0.05, 0.1) is 17.4 Å². The lowest BCUT2D eigenvalue weighted by atomic mass is 9.95. The van der Waals surface area contributed by atoms with Crippen LogP contribution < -0.4 is 5.73 Å². The van der Waals surface area contributed by atoms with Gasteiger partial charge in [-0.1, -0.05) is 15.9 Å². The molecule has 0 aliphatic heterocycles. The minimum atomic E-state index is -0.768. The van der Waals surface area contributed by atoms with Crippen molar-refractivity contribution in [2.75, 3.05) is 11.5 Å². The molecule has 0 heterocycles. The van der Waals surface area contributed by atoms with Gasteiger partial charge in [0, 0.05) is 15.8 Å². The zero-order valence-corrected chi connectivity index (χ0v) is 11.2. The van der Waals surface area contributed by atoms with Crippen molar-refractivity contribution in [2.45, 2.75) is 12.5 Å². The number of benzene rings is 1. The van der Waals surface area contributed by atoms with Crippen molar-refractivity contribution < 1.29 is 4.39 Å². The van der Waals surface area contributed by atoms with Gasteiger partial charge in [-0.05, 0) is 25.1 Å². The average molecular weight is 303 g/mol. The molecule has 1 rings (SSSR count). The van der Waals surface area contributed by atoms with Crippen molar-refractivity contribution in [3.05, 3.63) is 34.1 Å². The smallest absolute Gasteiger partial charge is 0.128 e. The fourth-order valence-electron chi connectivity index (χ4n) is 1.32. The minimum Gasteiger partial charge on any atom is -0.321 e. The Hall–Kier alpha value is -0.570. The van der Waals surface area contributed by atoms with Gasteiger partial charge < -0.3 is 5.73 Å². The van der Waals surface area contributed by atoms with E-state index in [1.807, 2.05) is 6.07 Å². The monoisotopic (exact) mass is 302 g/mol. The number of hydrogen-bond donors (Lipinski definition) is 1. The van der Waals surface area contributed by atoms with Crippen molar-refractivity contribution in [1.29, 1.82) is 5.26 Å². The van der Waals surface area contributed by atoms with Gasteiger partial charge >= 0.3 is 0 Å². The second-order valence-electron chi connectivity index (χ2n) is 3.69. The molecule has 16 heavy (non-hydrogen) atoms. The maximum atomic E-state index is 13.6. The first kappa shape index (κ1) is 13.5. The van der Waals surface area contributed by atoms with Crippen LogP contribution in [0.3, 0.4) is 0 Å². The largest absolute Gasteiger partial charge is 0.321 e. The highest BCUT2D eigenvalue weighted by Crippen LogP contribution is 2.27. The first-order chi connectivity index (χ1) is 7.47. The molecule has 86 valence electrons. The molecule has 5 heteroatoms. The van der Waals surface area contributed by atoms with Crippen LogP contribution in [-0.4, -0.2) is 11.5 Å². The average Bonchev–Trinajstić information content (AvgIpc) is 2.22. The first-order valence-electron chi connectivity index (χ1n) is 4.66. The summed E-state index contributed by atoms with van der Waals surface area (Å²) in [5, 5.41) is 8.44. The van der Waals surface area contributed by atoms with Gasteiger partial charge in [0.1, 0.15) is 5.82 Å². The summed E-state index contributed by atoms with van der Waals surface area (Å²) < 4.78 is 14.4. The third-order valence-electron chi connectivity index (χ3n) is 2.11. The van der Waals surface area contributed by atoms with Gasteiger partial charge in [0.15, 0.2) is 0 Å². The number of thioether (sulfide) groups is 1. The van der Waals surface area contributed by atoms with Crippen LogP contribution in [0.5, 0.6) is 0 Å². The predicted octanol–water partition coefficient (Wildman–Crippen LogP) is 3.02. The van der Waals surface area contributed by atoms with E-state index in [-0.39, 0.29) is 5.82 Å². The van der Waals surface area contributed by atoms with Crippen LogP contribution in [0.2, 0.25) is 0 Å². The van der Waals surface area contributed by atoms with E-state index in [4.69, 9.17) is 11.0 Å². The fraction of sp³-hybridized carbons (Fsp3) is 0.364. The second kappa shape index (κ2) is 5.67. The Bertz CT molecular complexity index is 415. The quantitative estimate of drug-likeness (QED) is 0.870. The molecule has 0 saturated heterocycles. The zero-order chi connectivity index (χ0) is 12.2. The molecule has 0 fully saturated rings. The third-order valence-corrected chi connectivity index (χ3v) is 3.74. The molecule has 0 radical (unpaired) electrons. The summed E-state index contributed by atoms with van der Waals surface area (Å²) in [4.78, 5) is 0. The molecule has 0 amide bonds. The molecule has 0 aliphatic rings. The van der Waals surface area contributed by atoms with Crippen LogP contribution in [0.25, 0.3) is 0 Å². The van der Waals surface area contributed by atoms with E-state index in [0.29, 0.717) is 17.1 Å². The van der Waals surface area contributed by atoms with Gasteiger partial charge in [0.25, 0.3) is 0 Å². The molecule has 1 aromatic carbocycles. The number of nitriles is 1. The Morgan fingerprint density at radius 1 is 1.62 bits per heavy atom. The summed E-state index contributed by atoms with van der Waals surface area (Å²) in [5.74, 6) is 0.557. The molecule has 0 saturated carbocycles. The van der Waals surface area contributed by atoms with Crippen molar-refractivity contribution in [2.24, 2.45) is 5.73 Å². The van der Waals surface area contributed by atoms with Crippen LogP contribution in [0.1, 0.15) is 12.5 Å². The Labute approximate surface area is 107 Å². The van der Waals surface area contributed by atoms with Crippen LogP contribution in [-0.2, 0) is 5.54 Å². The first-order valence-corrected chi connectivity index (χ1v) is 6.61. The fourth-order valence-corrected chi connectivity index (χ4v) is 2.46. The summed E-state index contributed by atoms with van der Waals surface area (Å²) >= 11 is 4.69. The SMILES string of the molecule is CC(N)(CSCC#N)c1cc(Br)ccc1F. The molecule has 1 unspecified atom stereocenters. The predicted molar refractivity (Wildman–Crippen MR) is 68.6 cm³/mol. The van der Waals surface area contributed by atoms with Gasteiger partial charge in [0.2, 0.25) is 0 Å². The lowest BCUT2D eigenvalue weighted by Crippen LogP contribution is -2.36. The van der Waals surface area contributed by atoms with Crippen molar-refractivity contribution in [3.8, 4) is 6.07 Å². The molecule has 0 bridgehead atoms. The van der Waals surface area contributed by atoms with Crippen LogP contribution in [0, 0.1) is 17.1 Å². The van der Waals surface area contributed by atoms with Crippen molar-refractivity contribution >= 4 is 27.7 Å². The van der Waals surface area contributed by atoms with Gasteiger partial charge in [-0.2, -0.15) is 5.26 Å². The molecule has 0 aromatic heterocycles. The number of hydrogen-bond acceptors (Lipinski definition) is 3. The Kier molecular flexibility index (Phi) is 4.78. The van der Waals surface area contributed by atoms with E-state index in [1.165, 1.54) is 17.8 Å².